The summed E-state index contributed by atoms with van der Waals surface area (Å²) >= 11 is 0. The average Bonchev–Trinajstić information content (AvgIpc) is 2.38. The molecule has 0 radical (unpaired) electrons. The molecule has 19 heavy (non-hydrogen) atoms. The molecule has 0 aliphatic rings. The summed E-state index contributed by atoms with van der Waals surface area (Å²) in [5.41, 5.74) is 2.19. The molecule has 3 nitrogen and oxygen atoms in total. The fourth-order valence-corrected chi connectivity index (χ4v) is 1.92. The Morgan fingerprint density at radius 2 is 1.89 bits per heavy atom. The quantitative estimate of drug-likeness (QED) is 0.795. The number of aliphatic hydroxyl groups excluding tert-OH is 1. The van der Waals surface area contributed by atoms with E-state index in [1.165, 1.54) is 11.3 Å². The number of likely N-dealkylation sites (N-methyl/N-ethyl adjacent to an activating group) is 1. The second-order valence-electron chi connectivity index (χ2n) is 6.18. The lowest BCUT2D eigenvalue weighted by Crippen LogP contribution is -2.45. The SMILES string of the molecule is CC(C)CNCc1ccccc1N(C)C(C)(C)CO. The van der Waals surface area contributed by atoms with Crippen molar-refractivity contribution in [3.8, 4) is 0 Å². The lowest BCUT2D eigenvalue weighted by atomic mass is 10.0. The van der Waals surface area contributed by atoms with Crippen LogP contribution in [0, 0.1) is 5.92 Å². The molecule has 0 unspecified atom stereocenters. The maximum Gasteiger partial charge on any atom is 0.0658 e. The fourth-order valence-electron chi connectivity index (χ4n) is 1.92. The predicted molar refractivity (Wildman–Crippen MR) is 82.6 cm³/mol. The number of nitrogens with zero attached hydrogens (tertiary/aromatic N) is 1. The van der Waals surface area contributed by atoms with Crippen LogP contribution in [0.15, 0.2) is 24.3 Å². The van der Waals surface area contributed by atoms with E-state index < -0.39 is 0 Å². The summed E-state index contributed by atoms with van der Waals surface area (Å²) in [7, 11) is 2.04. The van der Waals surface area contributed by atoms with E-state index >= 15 is 0 Å². The fraction of sp³-hybridized carbons (Fsp3) is 0.625. The summed E-state index contributed by atoms with van der Waals surface area (Å²) in [6.07, 6.45) is 0. The molecule has 1 aromatic carbocycles. The van der Waals surface area contributed by atoms with E-state index in [1.807, 2.05) is 27.0 Å². The van der Waals surface area contributed by atoms with Gasteiger partial charge in [-0.05, 0) is 37.9 Å². The first-order chi connectivity index (χ1) is 8.88. The van der Waals surface area contributed by atoms with Crippen LogP contribution in [-0.4, -0.2) is 30.8 Å². The molecular formula is C16H28N2O. The first kappa shape index (κ1) is 16.0. The van der Waals surface area contributed by atoms with Gasteiger partial charge in [0.1, 0.15) is 0 Å². The average molecular weight is 264 g/mol. The molecule has 1 rings (SSSR count). The van der Waals surface area contributed by atoms with Crippen LogP contribution in [0.25, 0.3) is 0 Å². The number of rotatable bonds is 7. The lowest BCUT2D eigenvalue weighted by Gasteiger charge is -2.37. The Kier molecular flexibility index (Phi) is 5.83. The van der Waals surface area contributed by atoms with Gasteiger partial charge in [-0.25, -0.2) is 0 Å². The molecule has 0 aromatic heterocycles. The van der Waals surface area contributed by atoms with Gasteiger partial charge in [0.25, 0.3) is 0 Å². The van der Waals surface area contributed by atoms with E-state index in [0.717, 1.165) is 13.1 Å². The van der Waals surface area contributed by atoms with Crippen LogP contribution in [0.2, 0.25) is 0 Å². The third kappa shape index (κ3) is 4.51. The van der Waals surface area contributed by atoms with Crippen LogP contribution < -0.4 is 10.2 Å². The van der Waals surface area contributed by atoms with Crippen molar-refractivity contribution in [2.45, 2.75) is 39.8 Å². The van der Waals surface area contributed by atoms with Gasteiger partial charge in [-0.3, -0.25) is 0 Å². The van der Waals surface area contributed by atoms with Gasteiger partial charge in [0.15, 0.2) is 0 Å². The van der Waals surface area contributed by atoms with Crippen molar-refractivity contribution in [2.24, 2.45) is 5.92 Å². The van der Waals surface area contributed by atoms with E-state index in [4.69, 9.17) is 0 Å². The van der Waals surface area contributed by atoms with E-state index in [2.05, 4.69) is 42.3 Å². The van der Waals surface area contributed by atoms with Crippen molar-refractivity contribution in [1.29, 1.82) is 0 Å². The molecule has 1 aromatic rings. The first-order valence-electron chi connectivity index (χ1n) is 7.02. The van der Waals surface area contributed by atoms with Gasteiger partial charge in [0.05, 0.1) is 12.1 Å². The number of benzene rings is 1. The molecule has 0 amide bonds. The number of aliphatic hydroxyl groups is 1. The van der Waals surface area contributed by atoms with Crippen LogP contribution in [0.4, 0.5) is 5.69 Å². The zero-order valence-corrected chi connectivity index (χ0v) is 12.9. The lowest BCUT2D eigenvalue weighted by molar-refractivity contribution is 0.216. The summed E-state index contributed by atoms with van der Waals surface area (Å²) in [5.74, 6) is 0.652. The molecule has 0 atom stereocenters. The van der Waals surface area contributed by atoms with E-state index in [-0.39, 0.29) is 12.1 Å². The Balaban J connectivity index is 2.83. The maximum atomic E-state index is 9.51. The van der Waals surface area contributed by atoms with Crippen LogP contribution in [0.3, 0.4) is 0 Å². The van der Waals surface area contributed by atoms with Crippen LogP contribution in [-0.2, 0) is 6.54 Å². The Morgan fingerprint density at radius 1 is 1.26 bits per heavy atom. The first-order valence-corrected chi connectivity index (χ1v) is 7.02. The molecule has 0 spiro atoms. The highest BCUT2D eigenvalue weighted by molar-refractivity contribution is 5.54. The van der Waals surface area contributed by atoms with Crippen molar-refractivity contribution in [2.75, 3.05) is 25.1 Å². The van der Waals surface area contributed by atoms with Crippen molar-refractivity contribution < 1.29 is 5.11 Å². The summed E-state index contributed by atoms with van der Waals surface area (Å²) in [6.45, 7) is 10.5. The Labute approximate surface area is 117 Å². The van der Waals surface area contributed by atoms with Gasteiger partial charge in [-0.1, -0.05) is 32.0 Å². The number of hydrogen-bond donors (Lipinski definition) is 2. The van der Waals surface area contributed by atoms with Crippen molar-refractivity contribution >= 4 is 5.69 Å². The second-order valence-corrected chi connectivity index (χ2v) is 6.18. The maximum absolute atomic E-state index is 9.51. The Hall–Kier alpha value is -1.06. The van der Waals surface area contributed by atoms with Crippen molar-refractivity contribution in [3.05, 3.63) is 29.8 Å². The molecule has 0 heterocycles. The minimum atomic E-state index is -0.256. The largest absolute Gasteiger partial charge is 0.394 e. The van der Waals surface area contributed by atoms with Gasteiger partial charge < -0.3 is 15.3 Å². The number of nitrogens with one attached hydrogen (secondary N) is 1. The highest BCUT2D eigenvalue weighted by Gasteiger charge is 2.24. The minimum absolute atomic E-state index is 0.136. The van der Waals surface area contributed by atoms with Crippen LogP contribution in [0.1, 0.15) is 33.3 Å². The zero-order chi connectivity index (χ0) is 14.5. The highest BCUT2D eigenvalue weighted by Crippen LogP contribution is 2.25. The molecule has 0 aliphatic heterocycles. The standard InChI is InChI=1S/C16H28N2O/c1-13(2)10-17-11-14-8-6-7-9-15(14)18(5)16(3,4)12-19/h6-9,13,17,19H,10-12H2,1-5H3. The monoisotopic (exact) mass is 264 g/mol. The minimum Gasteiger partial charge on any atom is -0.394 e. The zero-order valence-electron chi connectivity index (χ0n) is 12.9. The van der Waals surface area contributed by atoms with E-state index in [1.54, 1.807) is 0 Å². The van der Waals surface area contributed by atoms with Gasteiger partial charge in [-0.2, -0.15) is 0 Å². The van der Waals surface area contributed by atoms with Gasteiger partial charge in [0.2, 0.25) is 0 Å². The smallest absolute Gasteiger partial charge is 0.0658 e. The third-order valence-electron chi connectivity index (χ3n) is 3.52. The van der Waals surface area contributed by atoms with Crippen molar-refractivity contribution in [1.82, 2.24) is 5.32 Å². The summed E-state index contributed by atoms with van der Waals surface area (Å²) in [6, 6.07) is 8.37. The molecule has 0 aliphatic carbocycles. The number of anilines is 1. The molecule has 3 heteroatoms. The Morgan fingerprint density at radius 3 is 2.47 bits per heavy atom. The molecule has 2 N–H and O–H groups in total. The summed E-state index contributed by atoms with van der Waals surface area (Å²) < 4.78 is 0. The van der Waals surface area contributed by atoms with E-state index in [0.29, 0.717) is 5.92 Å². The third-order valence-corrected chi connectivity index (χ3v) is 3.52. The normalized spacial score (nSPS) is 11.9. The molecule has 0 bridgehead atoms. The predicted octanol–water partition coefficient (Wildman–Crippen LogP) is 2.64. The van der Waals surface area contributed by atoms with Gasteiger partial charge in [-0.15, -0.1) is 0 Å². The highest BCUT2D eigenvalue weighted by atomic mass is 16.3. The number of para-hydroxylation sites is 1. The van der Waals surface area contributed by atoms with Crippen LogP contribution >= 0.6 is 0 Å². The van der Waals surface area contributed by atoms with E-state index in [9.17, 15) is 5.11 Å². The molecular weight excluding hydrogens is 236 g/mol. The molecule has 108 valence electrons. The summed E-state index contributed by atoms with van der Waals surface area (Å²) in [5, 5.41) is 13.0. The Bertz CT molecular complexity index is 388. The van der Waals surface area contributed by atoms with Crippen LogP contribution in [0.5, 0.6) is 0 Å². The second kappa shape index (κ2) is 6.92. The number of hydrogen-bond acceptors (Lipinski definition) is 3. The van der Waals surface area contributed by atoms with Crippen molar-refractivity contribution in [3.63, 3.8) is 0 Å². The van der Waals surface area contributed by atoms with Gasteiger partial charge in [0, 0.05) is 19.3 Å². The summed E-state index contributed by atoms with van der Waals surface area (Å²) in [4.78, 5) is 2.15. The topological polar surface area (TPSA) is 35.5 Å². The molecule has 0 saturated carbocycles. The van der Waals surface area contributed by atoms with Gasteiger partial charge >= 0.3 is 0 Å². The molecule has 0 saturated heterocycles. The molecule has 0 fully saturated rings.